The van der Waals surface area contributed by atoms with E-state index in [-0.39, 0.29) is 11.8 Å². The third kappa shape index (κ3) is 4.40. The van der Waals surface area contributed by atoms with Crippen LogP contribution in [0, 0.1) is 5.92 Å². The summed E-state index contributed by atoms with van der Waals surface area (Å²) in [5.41, 5.74) is 0.837. The summed E-state index contributed by atoms with van der Waals surface area (Å²) < 4.78 is 5.22. The zero-order valence-electron chi connectivity index (χ0n) is 13.1. The molecule has 2 amide bonds. The first-order valence-electron chi connectivity index (χ1n) is 7.30. The zero-order valence-corrected chi connectivity index (χ0v) is 14.0. The largest absolute Gasteiger partial charge is 0.444 e. The molecule has 0 bridgehead atoms. The Morgan fingerprint density at radius 3 is 2.77 bits per heavy atom. The number of nitrogens with zero attached hydrogens (tertiary/aromatic N) is 1. The van der Waals surface area contributed by atoms with Crippen LogP contribution >= 0.6 is 12.6 Å². The van der Waals surface area contributed by atoms with Crippen LogP contribution in [-0.2, 0) is 9.53 Å². The lowest BCUT2D eigenvalue weighted by Gasteiger charge is -2.21. The van der Waals surface area contributed by atoms with Crippen LogP contribution in [-0.4, -0.2) is 29.9 Å². The van der Waals surface area contributed by atoms with Crippen LogP contribution in [0.15, 0.2) is 24.3 Å². The molecule has 1 atom stereocenters. The van der Waals surface area contributed by atoms with E-state index in [1.54, 1.807) is 17.0 Å². The number of carbonyl (C=O) groups excluding carboxylic acids is 2. The second-order valence-corrected chi connectivity index (χ2v) is 6.80. The molecule has 0 radical (unpaired) electrons. The van der Waals surface area contributed by atoms with Crippen molar-refractivity contribution in [1.29, 1.82) is 0 Å². The van der Waals surface area contributed by atoms with Crippen LogP contribution in [0.3, 0.4) is 0 Å². The Morgan fingerprint density at radius 2 is 2.18 bits per heavy atom. The number of thiol groups is 1. The van der Waals surface area contributed by atoms with Crippen molar-refractivity contribution in [3.8, 4) is 0 Å². The van der Waals surface area contributed by atoms with Gasteiger partial charge in [-0.25, -0.2) is 4.79 Å². The maximum Gasteiger partial charge on any atom is 0.412 e. The Balaban J connectivity index is 2.07. The number of ether oxygens (including phenoxy) is 1. The summed E-state index contributed by atoms with van der Waals surface area (Å²) in [6, 6.07) is 7.22. The molecule has 1 saturated heterocycles. The average molecular weight is 322 g/mol. The van der Waals surface area contributed by atoms with E-state index >= 15 is 0 Å². The maximum atomic E-state index is 12.0. The zero-order chi connectivity index (χ0) is 16.3. The van der Waals surface area contributed by atoms with Crippen molar-refractivity contribution in [3.05, 3.63) is 24.3 Å². The Morgan fingerprint density at radius 1 is 1.45 bits per heavy atom. The predicted octanol–water partition coefficient (Wildman–Crippen LogP) is 3.32. The number of amides is 2. The van der Waals surface area contributed by atoms with Crippen molar-refractivity contribution in [1.82, 2.24) is 0 Å². The first-order valence-corrected chi connectivity index (χ1v) is 7.93. The molecule has 0 aromatic heterocycles. The number of benzene rings is 1. The van der Waals surface area contributed by atoms with Crippen LogP contribution in [0.4, 0.5) is 16.2 Å². The number of carbonyl (C=O) groups is 2. The summed E-state index contributed by atoms with van der Waals surface area (Å²) in [5.74, 6) is 1.06. The molecule has 1 fully saturated rings. The molecule has 1 aliphatic rings. The highest BCUT2D eigenvalue weighted by Gasteiger charge is 2.29. The van der Waals surface area contributed by atoms with E-state index < -0.39 is 11.7 Å². The topological polar surface area (TPSA) is 58.6 Å². The Kier molecular flexibility index (Phi) is 5.01. The minimum Gasteiger partial charge on any atom is -0.444 e. The molecule has 22 heavy (non-hydrogen) atoms. The molecule has 1 unspecified atom stereocenters. The minimum atomic E-state index is -0.549. The highest BCUT2D eigenvalue weighted by Crippen LogP contribution is 2.27. The lowest BCUT2D eigenvalue weighted by atomic mass is 10.1. The first kappa shape index (κ1) is 16.7. The van der Waals surface area contributed by atoms with Gasteiger partial charge in [-0.1, -0.05) is 6.07 Å². The number of nitrogens with one attached hydrogen (secondary N) is 1. The van der Waals surface area contributed by atoms with Crippen LogP contribution < -0.4 is 10.2 Å². The van der Waals surface area contributed by atoms with E-state index in [2.05, 4.69) is 17.9 Å². The molecule has 2 rings (SSSR count). The molecule has 6 heteroatoms. The quantitative estimate of drug-likeness (QED) is 0.839. The van der Waals surface area contributed by atoms with Gasteiger partial charge in [0.05, 0.1) is 0 Å². The molecule has 1 aliphatic heterocycles. The van der Waals surface area contributed by atoms with Crippen molar-refractivity contribution in [2.75, 3.05) is 22.5 Å². The van der Waals surface area contributed by atoms with Crippen molar-refractivity contribution in [2.45, 2.75) is 32.8 Å². The van der Waals surface area contributed by atoms with Gasteiger partial charge < -0.3 is 9.64 Å². The monoisotopic (exact) mass is 322 g/mol. The Hall–Kier alpha value is -1.69. The Bertz CT molecular complexity index is 569. The predicted molar refractivity (Wildman–Crippen MR) is 90.6 cm³/mol. The fraction of sp³-hybridized carbons (Fsp3) is 0.500. The number of hydrogen-bond acceptors (Lipinski definition) is 4. The van der Waals surface area contributed by atoms with E-state index in [0.29, 0.717) is 24.4 Å². The first-order chi connectivity index (χ1) is 10.3. The van der Waals surface area contributed by atoms with Gasteiger partial charge in [0, 0.05) is 24.3 Å². The van der Waals surface area contributed by atoms with Gasteiger partial charge >= 0.3 is 6.09 Å². The smallest absolute Gasteiger partial charge is 0.412 e. The Labute approximate surface area is 136 Å². The van der Waals surface area contributed by atoms with Crippen molar-refractivity contribution in [2.24, 2.45) is 5.92 Å². The summed E-state index contributed by atoms with van der Waals surface area (Å²) in [6.07, 6.45) is 0.0124. The van der Waals surface area contributed by atoms with Gasteiger partial charge in [0.25, 0.3) is 0 Å². The summed E-state index contributed by atoms with van der Waals surface area (Å²) in [4.78, 5) is 25.6. The number of hydrogen-bond donors (Lipinski definition) is 2. The fourth-order valence-corrected chi connectivity index (χ4v) is 2.57. The van der Waals surface area contributed by atoms with E-state index in [9.17, 15) is 9.59 Å². The van der Waals surface area contributed by atoms with Crippen LogP contribution in [0.1, 0.15) is 27.2 Å². The third-order valence-corrected chi connectivity index (χ3v) is 3.78. The molecule has 1 aromatic carbocycles. The van der Waals surface area contributed by atoms with Crippen LogP contribution in [0.25, 0.3) is 0 Å². The van der Waals surface area contributed by atoms with Crippen molar-refractivity contribution < 1.29 is 14.3 Å². The highest BCUT2D eigenvalue weighted by molar-refractivity contribution is 7.80. The normalized spacial score (nSPS) is 18.5. The molecule has 0 saturated carbocycles. The van der Waals surface area contributed by atoms with Crippen LogP contribution in [0.2, 0.25) is 0 Å². The molecule has 0 aliphatic carbocycles. The fourth-order valence-electron chi connectivity index (χ4n) is 2.33. The molecule has 0 spiro atoms. The summed E-state index contributed by atoms with van der Waals surface area (Å²) in [6.45, 7) is 6.09. The van der Waals surface area contributed by atoms with Gasteiger partial charge in [0.2, 0.25) is 5.91 Å². The molecule has 1 heterocycles. The van der Waals surface area contributed by atoms with E-state index in [1.807, 2.05) is 32.9 Å². The standard InChI is InChI=1S/C16H22N2O3S/c1-16(2,3)21-15(20)17-12-5-4-6-13(8-12)18-9-11(10-22)7-14(18)19/h4-6,8,11,22H,7,9-10H2,1-3H3,(H,17,20). The van der Waals surface area contributed by atoms with Gasteiger partial charge in [0.1, 0.15) is 5.60 Å². The molecule has 1 N–H and O–H groups in total. The average Bonchev–Trinajstić information content (AvgIpc) is 2.78. The molecule has 1 aromatic rings. The summed E-state index contributed by atoms with van der Waals surface area (Å²) in [5, 5.41) is 2.69. The van der Waals surface area contributed by atoms with Gasteiger partial charge in [-0.2, -0.15) is 12.6 Å². The lowest BCUT2D eigenvalue weighted by Crippen LogP contribution is -2.27. The number of rotatable bonds is 3. The van der Waals surface area contributed by atoms with E-state index in [1.165, 1.54) is 0 Å². The molecular weight excluding hydrogens is 300 g/mol. The lowest BCUT2D eigenvalue weighted by molar-refractivity contribution is -0.117. The van der Waals surface area contributed by atoms with Crippen molar-refractivity contribution >= 4 is 36.0 Å². The maximum absolute atomic E-state index is 12.0. The second kappa shape index (κ2) is 6.60. The van der Waals surface area contributed by atoms with Gasteiger partial charge in [-0.05, 0) is 50.6 Å². The summed E-state index contributed by atoms with van der Waals surface area (Å²) in [7, 11) is 0. The third-order valence-electron chi connectivity index (χ3n) is 3.27. The van der Waals surface area contributed by atoms with Gasteiger partial charge in [-0.3, -0.25) is 10.1 Å². The SMILES string of the molecule is CC(C)(C)OC(=O)Nc1cccc(N2CC(CS)CC2=O)c1. The molecule has 120 valence electrons. The minimum absolute atomic E-state index is 0.0912. The number of anilines is 2. The van der Waals surface area contributed by atoms with Gasteiger partial charge in [0.15, 0.2) is 0 Å². The van der Waals surface area contributed by atoms with E-state index in [0.717, 1.165) is 5.69 Å². The molecule has 5 nitrogen and oxygen atoms in total. The van der Waals surface area contributed by atoms with Crippen LogP contribution in [0.5, 0.6) is 0 Å². The second-order valence-electron chi connectivity index (χ2n) is 6.43. The van der Waals surface area contributed by atoms with Gasteiger partial charge in [-0.15, -0.1) is 0 Å². The summed E-state index contributed by atoms with van der Waals surface area (Å²) >= 11 is 4.26. The molecular formula is C16H22N2O3S. The highest BCUT2D eigenvalue weighted by atomic mass is 32.1. The van der Waals surface area contributed by atoms with E-state index in [4.69, 9.17) is 4.74 Å². The van der Waals surface area contributed by atoms with Crippen molar-refractivity contribution in [3.63, 3.8) is 0 Å².